The second-order valence-corrected chi connectivity index (χ2v) is 9.06. The van der Waals surface area contributed by atoms with E-state index in [9.17, 15) is 13.5 Å². The lowest BCUT2D eigenvalue weighted by atomic mass is 10.1. The third kappa shape index (κ3) is 4.02. The molecule has 1 aliphatic carbocycles. The van der Waals surface area contributed by atoms with Crippen LogP contribution in [0.3, 0.4) is 0 Å². The van der Waals surface area contributed by atoms with Crippen molar-refractivity contribution in [2.75, 3.05) is 11.9 Å². The molecule has 1 fully saturated rings. The zero-order valence-electron chi connectivity index (χ0n) is 16.6. The van der Waals surface area contributed by atoms with E-state index in [4.69, 9.17) is 9.88 Å². The Hall–Kier alpha value is -2.57. The molecule has 164 valence electrons. The molecule has 3 aromatic rings. The van der Waals surface area contributed by atoms with Gasteiger partial charge in [0.2, 0.25) is 0 Å². The number of aromatic nitrogens is 3. The first-order valence-corrected chi connectivity index (χ1v) is 11.5. The van der Waals surface area contributed by atoms with Gasteiger partial charge in [-0.25, -0.2) is 14.6 Å². The molecule has 11 heteroatoms. The summed E-state index contributed by atoms with van der Waals surface area (Å²) in [6, 6.07) is 12.3. The molecule has 0 saturated carbocycles. The molecule has 2 aliphatic rings. The molecule has 10 nitrogen and oxygen atoms in total. The molecule has 1 aliphatic heterocycles. The highest BCUT2D eigenvalue weighted by Crippen LogP contribution is 2.37. The van der Waals surface area contributed by atoms with E-state index in [-0.39, 0.29) is 19.1 Å². The quantitative estimate of drug-likeness (QED) is 0.515. The van der Waals surface area contributed by atoms with Crippen molar-refractivity contribution in [3.8, 4) is 0 Å². The Bertz CT molecular complexity index is 1210. The number of aryl methyl sites for hydroxylation is 1. The van der Waals surface area contributed by atoms with Crippen LogP contribution in [-0.4, -0.2) is 46.9 Å². The maximum atomic E-state index is 11.0. The Kier molecular flexibility index (Phi) is 5.15. The number of hydrogen-bond acceptors (Lipinski definition) is 8. The van der Waals surface area contributed by atoms with Crippen LogP contribution in [0.2, 0.25) is 0 Å². The van der Waals surface area contributed by atoms with Gasteiger partial charge in [0.1, 0.15) is 24.1 Å². The summed E-state index contributed by atoms with van der Waals surface area (Å²) in [5.41, 5.74) is 4.17. The minimum atomic E-state index is -4.10. The third-order valence-corrected chi connectivity index (χ3v) is 6.34. The molecule has 3 heterocycles. The molecule has 4 atom stereocenters. The minimum absolute atomic E-state index is 0.178. The fourth-order valence-electron chi connectivity index (χ4n) is 4.41. The van der Waals surface area contributed by atoms with Gasteiger partial charge < -0.3 is 15.2 Å². The normalized spacial score (nSPS) is 25.7. The maximum absolute atomic E-state index is 11.0. The molecule has 0 radical (unpaired) electrons. The number of nitrogens with one attached hydrogen (secondary N) is 1. The highest BCUT2D eigenvalue weighted by Gasteiger charge is 2.37. The number of anilines is 1. The summed E-state index contributed by atoms with van der Waals surface area (Å²) >= 11 is 0. The molecule has 5 rings (SSSR count). The Morgan fingerprint density at radius 2 is 2.13 bits per heavy atom. The second kappa shape index (κ2) is 7.84. The summed E-state index contributed by atoms with van der Waals surface area (Å²) in [5.74, 6) is 0.718. The van der Waals surface area contributed by atoms with Crippen LogP contribution in [0.15, 0.2) is 42.7 Å². The highest BCUT2D eigenvalue weighted by atomic mass is 32.2. The van der Waals surface area contributed by atoms with Crippen LogP contribution < -0.4 is 10.5 Å². The van der Waals surface area contributed by atoms with E-state index in [0.29, 0.717) is 0 Å². The fraction of sp³-hybridized carbons (Fsp3) is 0.400. The van der Waals surface area contributed by atoms with Gasteiger partial charge in [-0.05, 0) is 36.1 Å². The first-order chi connectivity index (χ1) is 14.9. The van der Waals surface area contributed by atoms with Crippen LogP contribution in [0.1, 0.15) is 41.8 Å². The Balaban J connectivity index is 1.37. The Morgan fingerprint density at radius 3 is 2.97 bits per heavy atom. The minimum Gasteiger partial charge on any atom is -0.390 e. The van der Waals surface area contributed by atoms with E-state index < -0.39 is 28.6 Å². The van der Waals surface area contributed by atoms with Crippen molar-refractivity contribution < 1.29 is 22.4 Å². The first kappa shape index (κ1) is 20.3. The van der Waals surface area contributed by atoms with Crippen LogP contribution in [0.4, 0.5) is 5.82 Å². The van der Waals surface area contributed by atoms with Crippen LogP contribution in [0, 0.1) is 0 Å². The van der Waals surface area contributed by atoms with Gasteiger partial charge in [0.25, 0.3) is 0 Å². The van der Waals surface area contributed by atoms with Gasteiger partial charge >= 0.3 is 10.3 Å². The van der Waals surface area contributed by atoms with Crippen LogP contribution in [0.5, 0.6) is 0 Å². The standard InChI is InChI=1S/C20H23N5O5S/c21-31(27,28)29-10-19-17(26)9-18(30-19)15-7-8-16-20(22-11-23-25(15)16)24-14-6-5-12-3-1-2-4-13(12)14/h1-4,7-8,11,14,17-19,26H,5-6,9-10H2,(H2,21,27,28)(H,22,23,24)/t14-,17-,18+,19+/m0/s1. The van der Waals surface area contributed by atoms with E-state index >= 15 is 0 Å². The van der Waals surface area contributed by atoms with E-state index in [2.05, 4.69) is 37.8 Å². The zero-order valence-corrected chi connectivity index (χ0v) is 17.4. The summed E-state index contributed by atoms with van der Waals surface area (Å²) in [7, 11) is -4.10. The monoisotopic (exact) mass is 445 g/mol. The van der Waals surface area contributed by atoms with Gasteiger partial charge in [0.05, 0.1) is 24.4 Å². The van der Waals surface area contributed by atoms with E-state index in [1.807, 2.05) is 18.2 Å². The average molecular weight is 446 g/mol. The first-order valence-electron chi connectivity index (χ1n) is 10.1. The van der Waals surface area contributed by atoms with Crippen molar-refractivity contribution in [3.05, 3.63) is 59.5 Å². The number of aliphatic hydroxyl groups is 1. The van der Waals surface area contributed by atoms with Gasteiger partial charge in [-0.3, -0.25) is 4.18 Å². The smallest absolute Gasteiger partial charge is 0.333 e. The summed E-state index contributed by atoms with van der Waals surface area (Å²) < 4.78 is 34.2. The van der Waals surface area contributed by atoms with Crippen molar-refractivity contribution in [1.29, 1.82) is 0 Å². The molecule has 1 aromatic carbocycles. The van der Waals surface area contributed by atoms with Crippen molar-refractivity contribution in [2.24, 2.45) is 5.14 Å². The summed E-state index contributed by atoms with van der Waals surface area (Å²) in [6.45, 7) is -0.345. The second-order valence-electron chi connectivity index (χ2n) is 7.84. The van der Waals surface area contributed by atoms with Crippen LogP contribution in [0.25, 0.3) is 5.52 Å². The maximum Gasteiger partial charge on any atom is 0.333 e. The lowest BCUT2D eigenvalue weighted by Gasteiger charge is -2.16. The van der Waals surface area contributed by atoms with E-state index in [0.717, 1.165) is 29.9 Å². The third-order valence-electron chi connectivity index (χ3n) is 5.88. The van der Waals surface area contributed by atoms with Crippen molar-refractivity contribution >= 4 is 21.6 Å². The zero-order chi connectivity index (χ0) is 21.6. The largest absolute Gasteiger partial charge is 0.390 e. The van der Waals surface area contributed by atoms with Crippen molar-refractivity contribution in [1.82, 2.24) is 14.6 Å². The van der Waals surface area contributed by atoms with Gasteiger partial charge in [0.15, 0.2) is 5.82 Å². The summed E-state index contributed by atoms with van der Waals surface area (Å²) in [5, 5.41) is 23.0. The van der Waals surface area contributed by atoms with E-state index in [1.54, 1.807) is 4.52 Å². The van der Waals surface area contributed by atoms with Gasteiger partial charge in [-0.15, -0.1) is 0 Å². The summed E-state index contributed by atoms with van der Waals surface area (Å²) in [6.07, 6.45) is 1.63. The Morgan fingerprint density at radius 1 is 1.29 bits per heavy atom. The molecular formula is C20H23N5O5S. The van der Waals surface area contributed by atoms with Gasteiger partial charge in [0, 0.05) is 6.42 Å². The number of fused-ring (bicyclic) bond motifs is 2. The molecular weight excluding hydrogens is 422 g/mol. The summed E-state index contributed by atoms with van der Waals surface area (Å²) in [4.78, 5) is 4.44. The number of hydrogen-bond donors (Lipinski definition) is 3. The molecule has 0 bridgehead atoms. The van der Waals surface area contributed by atoms with Crippen LogP contribution >= 0.6 is 0 Å². The number of nitrogens with two attached hydrogens (primary N) is 1. The van der Waals surface area contributed by atoms with E-state index in [1.165, 1.54) is 17.5 Å². The number of ether oxygens (including phenoxy) is 1. The number of benzene rings is 1. The lowest BCUT2D eigenvalue weighted by molar-refractivity contribution is -0.0168. The molecule has 0 amide bonds. The van der Waals surface area contributed by atoms with Crippen molar-refractivity contribution in [2.45, 2.75) is 43.6 Å². The molecule has 2 aromatic heterocycles. The van der Waals surface area contributed by atoms with Gasteiger partial charge in [-0.2, -0.15) is 13.5 Å². The number of nitrogens with zero attached hydrogens (tertiary/aromatic N) is 3. The van der Waals surface area contributed by atoms with Crippen LogP contribution in [-0.2, 0) is 25.6 Å². The molecule has 1 saturated heterocycles. The van der Waals surface area contributed by atoms with Gasteiger partial charge in [-0.1, -0.05) is 24.3 Å². The molecule has 31 heavy (non-hydrogen) atoms. The fourth-order valence-corrected chi connectivity index (χ4v) is 4.74. The molecule has 0 spiro atoms. The topological polar surface area (TPSA) is 141 Å². The molecule has 0 unspecified atom stereocenters. The van der Waals surface area contributed by atoms with Crippen molar-refractivity contribution in [3.63, 3.8) is 0 Å². The predicted octanol–water partition coefficient (Wildman–Crippen LogP) is 1.24. The SMILES string of the molecule is NS(=O)(=O)OC[C@H]1O[C@@H](c2ccc3c(N[C@H]4CCc5ccccc54)ncnn23)C[C@@H]1O. The highest BCUT2D eigenvalue weighted by molar-refractivity contribution is 7.84. The average Bonchev–Trinajstić information content (AvgIpc) is 3.43. The Labute approximate surface area is 179 Å². The molecule has 4 N–H and O–H groups in total. The number of aliphatic hydroxyl groups excluding tert-OH is 1. The number of rotatable bonds is 6. The lowest BCUT2D eigenvalue weighted by Crippen LogP contribution is -2.29. The predicted molar refractivity (Wildman–Crippen MR) is 111 cm³/mol.